The second kappa shape index (κ2) is 8.43. The monoisotopic (exact) mass is 460 g/mol. The molecule has 3 saturated carbocycles. The quantitative estimate of drug-likeness (QED) is 0.586. The molecule has 182 valence electrons. The number of ketones is 2. The van der Waals surface area contributed by atoms with Gasteiger partial charge in [-0.15, -0.1) is 0 Å². The van der Waals surface area contributed by atoms with E-state index in [1.807, 2.05) is 13.0 Å². The lowest BCUT2D eigenvalue weighted by Crippen LogP contribution is -2.63. The molecule has 0 aliphatic heterocycles. The molecule has 0 spiro atoms. The molecule has 0 unspecified atom stereocenters. The van der Waals surface area contributed by atoms with Crippen molar-refractivity contribution in [3.05, 3.63) is 23.8 Å². The van der Waals surface area contributed by atoms with Gasteiger partial charge >= 0.3 is 5.97 Å². The summed E-state index contributed by atoms with van der Waals surface area (Å²) in [6.07, 6.45) is 6.60. The number of carbonyl (C=O) groups excluding carboxylic acids is 3. The first kappa shape index (κ1) is 24.3. The van der Waals surface area contributed by atoms with Crippen LogP contribution in [-0.2, 0) is 23.9 Å². The first-order valence-corrected chi connectivity index (χ1v) is 12.1. The van der Waals surface area contributed by atoms with Gasteiger partial charge in [-0.3, -0.25) is 9.59 Å². The predicted octanol–water partition coefficient (Wildman–Crippen LogP) is 2.39. The summed E-state index contributed by atoms with van der Waals surface area (Å²) < 4.78 is 11.1. The van der Waals surface area contributed by atoms with E-state index in [2.05, 4.69) is 13.8 Å². The van der Waals surface area contributed by atoms with Crippen LogP contribution in [0.3, 0.4) is 0 Å². The number of rotatable bonds is 6. The van der Waals surface area contributed by atoms with Gasteiger partial charge in [-0.05, 0) is 62.5 Å². The lowest BCUT2D eigenvalue weighted by molar-refractivity contribution is -0.203. The molecule has 0 aromatic rings. The maximum absolute atomic E-state index is 13.2. The van der Waals surface area contributed by atoms with Gasteiger partial charge in [0.05, 0.1) is 6.10 Å². The molecule has 7 heteroatoms. The summed E-state index contributed by atoms with van der Waals surface area (Å²) in [7, 11) is 0. The number of fused-ring (bicyclic) bond motifs is 5. The maximum atomic E-state index is 13.2. The Morgan fingerprint density at radius 1 is 1.27 bits per heavy atom. The van der Waals surface area contributed by atoms with Crippen LogP contribution in [0.4, 0.5) is 0 Å². The minimum absolute atomic E-state index is 0.0162. The van der Waals surface area contributed by atoms with Crippen LogP contribution in [-0.4, -0.2) is 59.3 Å². The van der Waals surface area contributed by atoms with Crippen molar-refractivity contribution >= 4 is 17.5 Å². The maximum Gasteiger partial charge on any atom is 0.333 e. The van der Waals surface area contributed by atoms with Crippen LogP contribution < -0.4 is 0 Å². The van der Waals surface area contributed by atoms with Crippen LogP contribution in [0.5, 0.6) is 0 Å². The van der Waals surface area contributed by atoms with Crippen molar-refractivity contribution in [3.8, 4) is 0 Å². The van der Waals surface area contributed by atoms with Crippen LogP contribution in [0.1, 0.15) is 53.4 Å². The Hall–Kier alpha value is -1.83. The number of aliphatic hydroxyl groups is 2. The summed E-state index contributed by atoms with van der Waals surface area (Å²) in [5.41, 5.74) is -1.65. The highest BCUT2D eigenvalue weighted by molar-refractivity contribution is 6.01. The van der Waals surface area contributed by atoms with Crippen molar-refractivity contribution in [3.63, 3.8) is 0 Å². The molecule has 4 rings (SSSR count). The van der Waals surface area contributed by atoms with E-state index in [0.717, 1.165) is 12.0 Å². The van der Waals surface area contributed by atoms with Crippen LogP contribution >= 0.6 is 0 Å². The van der Waals surface area contributed by atoms with E-state index in [9.17, 15) is 24.6 Å². The fourth-order valence-electron chi connectivity index (χ4n) is 7.96. The third-order valence-corrected chi connectivity index (χ3v) is 9.24. The highest BCUT2D eigenvalue weighted by Crippen LogP contribution is 2.68. The molecule has 0 bridgehead atoms. The Kier molecular flexibility index (Phi) is 6.21. The van der Waals surface area contributed by atoms with Crippen LogP contribution in [0, 0.1) is 34.5 Å². The zero-order chi connectivity index (χ0) is 24.2. The number of hydrogen-bond donors (Lipinski definition) is 2. The molecule has 2 N–H and O–H groups in total. The van der Waals surface area contributed by atoms with Crippen molar-refractivity contribution in [2.24, 2.45) is 34.5 Å². The Balaban J connectivity index is 1.74. The predicted molar refractivity (Wildman–Crippen MR) is 120 cm³/mol. The van der Waals surface area contributed by atoms with E-state index in [0.29, 0.717) is 19.4 Å². The fourth-order valence-corrected chi connectivity index (χ4v) is 7.96. The minimum atomic E-state index is -1.48. The lowest BCUT2D eigenvalue weighted by Gasteiger charge is -2.61. The van der Waals surface area contributed by atoms with Crippen molar-refractivity contribution in [2.45, 2.75) is 65.1 Å². The smallest absolute Gasteiger partial charge is 0.333 e. The summed E-state index contributed by atoms with van der Waals surface area (Å²) in [5, 5.41) is 21.4. The van der Waals surface area contributed by atoms with Gasteiger partial charge in [0, 0.05) is 23.4 Å². The molecule has 0 amide bonds. The standard InChI is InChI=1S/C26H36O7/c1-5-32-14-22(31)33-26(21(30)13-27)9-7-18-17-10-15(2)19-11-16(28)6-8-24(19,3)23(17)20(29)12-25(18,26)4/h6,8,11,15,17-18,20,23,27,29H,5,7,9-10,12-14H2,1-4H3/t15-,17-,18-,20-,23+,24-,25-,26-/m0/s1. The average molecular weight is 461 g/mol. The van der Waals surface area contributed by atoms with Gasteiger partial charge in [0.1, 0.15) is 13.2 Å². The van der Waals surface area contributed by atoms with Gasteiger partial charge in [0.2, 0.25) is 5.78 Å². The van der Waals surface area contributed by atoms with E-state index < -0.39 is 40.9 Å². The van der Waals surface area contributed by atoms with Gasteiger partial charge in [0.15, 0.2) is 11.4 Å². The third kappa shape index (κ3) is 3.46. The number of ether oxygens (including phenoxy) is 2. The molecular weight excluding hydrogens is 424 g/mol. The number of esters is 1. The number of Topliss-reactive ketones (excluding diaryl/α,β-unsaturated/α-hetero) is 1. The van der Waals surface area contributed by atoms with Gasteiger partial charge in [-0.1, -0.05) is 32.4 Å². The zero-order valence-electron chi connectivity index (χ0n) is 20.0. The van der Waals surface area contributed by atoms with E-state index in [-0.39, 0.29) is 42.5 Å². The van der Waals surface area contributed by atoms with Crippen LogP contribution in [0.2, 0.25) is 0 Å². The summed E-state index contributed by atoms with van der Waals surface area (Å²) in [4.78, 5) is 37.9. The highest BCUT2D eigenvalue weighted by Gasteiger charge is 2.70. The molecule has 0 aromatic heterocycles. The largest absolute Gasteiger partial charge is 0.449 e. The number of allylic oxidation sites excluding steroid dienone is 4. The highest BCUT2D eigenvalue weighted by atomic mass is 16.6. The molecule has 7 nitrogen and oxygen atoms in total. The molecule has 4 aliphatic rings. The third-order valence-electron chi connectivity index (χ3n) is 9.24. The molecule has 0 aromatic carbocycles. The van der Waals surface area contributed by atoms with Crippen LogP contribution in [0.25, 0.3) is 0 Å². The normalized spacial score (nSPS) is 43.9. The SMILES string of the molecule is CCOCC(=O)O[C@]1(C(=O)CO)CC[C@H]2[C@@H]3C[C@H](C)C4=CC(=O)C=C[C@]4(C)[C@H]3[C@@H](O)C[C@@]21C. The summed E-state index contributed by atoms with van der Waals surface area (Å²) in [5.74, 6) is -0.967. The van der Waals surface area contributed by atoms with Crippen molar-refractivity contribution < 1.29 is 34.1 Å². The van der Waals surface area contributed by atoms with Gasteiger partial charge < -0.3 is 19.7 Å². The van der Waals surface area contributed by atoms with Gasteiger partial charge in [-0.2, -0.15) is 0 Å². The number of hydrogen-bond acceptors (Lipinski definition) is 7. The summed E-state index contributed by atoms with van der Waals surface area (Å²) in [6.45, 7) is 7.30. The summed E-state index contributed by atoms with van der Waals surface area (Å²) >= 11 is 0. The molecule has 33 heavy (non-hydrogen) atoms. The van der Waals surface area contributed by atoms with Gasteiger partial charge in [-0.25, -0.2) is 4.79 Å². The lowest BCUT2D eigenvalue weighted by atomic mass is 9.44. The molecule has 0 heterocycles. The van der Waals surface area contributed by atoms with E-state index in [4.69, 9.17) is 9.47 Å². The second-order valence-corrected chi connectivity index (χ2v) is 10.8. The number of aliphatic hydroxyl groups excluding tert-OH is 2. The second-order valence-electron chi connectivity index (χ2n) is 10.8. The van der Waals surface area contributed by atoms with Crippen molar-refractivity contribution in [2.75, 3.05) is 19.8 Å². The first-order valence-electron chi connectivity index (χ1n) is 12.1. The minimum Gasteiger partial charge on any atom is -0.449 e. The first-order chi connectivity index (χ1) is 15.5. The fraction of sp³-hybridized carbons (Fsp3) is 0.731. The van der Waals surface area contributed by atoms with Crippen molar-refractivity contribution in [1.29, 1.82) is 0 Å². The topological polar surface area (TPSA) is 110 Å². The van der Waals surface area contributed by atoms with Crippen LogP contribution in [0.15, 0.2) is 23.8 Å². The number of carbonyl (C=O) groups is 3. The summed E-state index contributed by atoms with van der Waals surface area (Å²) in [6, 6.07) is 0. The van der Waals surface area contributed by atoms with Crippen molar-refractivity contribution in [1.82, 2.24) is 0 Å². The molecule has 3 fully saturated rings. The van der Waals surface area contributed by atoms with E-state index in [1.54, 1.807) is 19.1 Å². The Morgan fingerprint density at radius 2 is 2.00 bits per heavy atom. The van der Waals surface area contributed by atoms with E-state index >= 15 is 0 Å². The Morgan fingerprint density at radius 3 is 2.67 bits per heavy atom. The average Bonchev–Trinajstić information content (AvgIpc) is 3.05. The molecule has 0 radical (unpaired) electrons. The molecule has 0 saturated heterocycles. The van der Waals surface area contributed by atoms with E-state index in [1.165, 1.54) is 0 Å². The molecule has 8 atom stereocenters. The molecular formula is C26H36O7. The Bertz CT molecular complexity index is 906. The molecule has 4 aliphatic carbocycles. The Labute approximate surface area is 195 Å². The zero-order valence-corrected chi connectivity index (χ0v) is 20.0. The van der Waals surface area contributed by atoms with Gasteiger partial charge in [0.25, 0.3) is 0 Å².